The molecule has 0 aliphatic carbocycles. The maximum Gasteiger partial charge on any atom is 0.191 e. The molecule has 8 heteroatoms. The molecule has 118 valence electrons. The molecule has 0 fully saturated rings. The van der Waals surface area contributed by atoms with Gasteiger partial charge in [-0.1, -0.05) is 11.8 Å². The highest BCUT2D eigenvalue weighted by molar-refractivity contribution is 8.00. The number of nitrogen functional groups attached to an aromatic ring is 1. The number of benzene rings is 1. The lowest BCUT2D eigenvalue weighted by Gasteiger charge is -2.10. The molecule has 4 nitrogen and oxygen atoms in total. The molecule has 0 bridgehead atoms. The molecule has 2 aromatic heterocycles. The SMILES string of the molecule is C[C@@H](Sc1nc(N)c2ccsc2n1)C(=O)c1ccc(F)c(F)c1. The zero-order valence-electron chi connectivity index (χ0n) is 11.9. The Morgan fingerprint density at radius 1 is 1.26 bits per heavy atom. The Bertz CT molecular complexity index is 898. The van der Waals surface area contributed by atoms with Gasteiger partial charge in [-0.2, -0.15) is 0 Å². The van der Waals surface area contributed by atoms with E-state index in [2.05, 4.69) is 9.97 Å². The zero-order chi connectivity index (χ0) is 16.6. The highest BCUT2D eigenvalue weighted by Gasteiger charge is 2.20. The number of Topliss-reactive ketones (excluding diaryl/α,β-unsaturated/α-hetero) is 1. The second-order valence-corrected chi connectivity index (χ2v) is 6.99. The molecule has 2 heterocycles. The van der Waals surface area contributed by atoms with Crippen LogP contribution in [0.5, 0.6) is 0 Å². The molecule has 0 radical (unpaired) electrons. The number of fused-ring (bicyclic) bond motifs is 1. The minimum Gasteiger partial charge on any atom is -0.383 e. The van der Waals surface area contributed by atoms with Crippen LogP contribution in [0.2, 0.25) is 0 Å². The highest BCUT2D eigenvalue weighted by atomic mass is 32.2. The highest BCUT2D eigenvalue weighted by Crippen LogP contribution is 2.29. The number of nitrogens with zero attached hydrogens (tertiary/aromatic N) is 2. The minimum absolute atomic E-state index is 0.106. The van der Waals surface area contributed by atoms with Crippen LogP contribution < -0.4 is 5.73 Å². The Hall–Kier alpha value is -2.06. The van der Waals surface area contributed by atoms with Gasteiger partial charge in [0.2, 0.25) is 0 Å². The number of thiophene rings is 1. The molecule has 1 aromatic carbocycles. The van der Waals surface area contributed by atoms with Gasteiger partial charge in [0.1, 0.15) is 10.6 Å². The summed E-state index contributed by atoms with van der Waals surface area (Å²) in [5.74, 6) is -2.01. The molecule has 2 N–H and O–H groups in total. The average Bonchev–Trinajstić information content (AvgIpc) is 2.98. The van der Waals surface area contributed by atoms with Crippen molar-refractivity contribution >= 4 is 44.9 Å². The molecule has 0 spiro atoms. The second kappa shape index (κ2) is 6.21. The first-order chi connectivity index (χ1) is 11.0. The van der Waals surface area contributed by atoms with Gasteiger partial charge in [-0.3, -0.25) is 4.79 Å². The third-order valence-corrected chi connectivity index (χ3v) is 4.96. The fourth-order valence-corrected chi connectivity index (χ4v) is 3.69. The van der Waals surface area contributed by atoms with Crippen LogP contribution in [-0.4, -0.2) is 21.0 Å². The van der Waals surface area contributed by atoms with Crippen LogP contribution in [0.1, 0.15) is 17.3 Å². The van der Waals surface area contributed by atoms with E-state index in [1.807, 2.05) is 11.4 Å². The summed E-state index contributed by atoms with van der Waals surface area (Å²) in [6.45, 7) is 1.66. The Morgan fingerprint density at radius 3 is 2.78 bits per heavy atom. The molecule has 1 atom stereocenters. The van der Waals surface area contributed by atoms with E-state index in [1.165, 1.54) is 17.4 Å². The van der Waals surface area contributed by atoms with Crippen molar-refractivity contribution in [1.29, 1.82) is 0 Å². The molecule has 0 amide bonds. The van der Waals surface area contributed by atoms with Crippen molar-refractivity contribution in [2.45, 2.75) is 17.3 Å². The summed E-state index contributed by atoms with van der Waals surface area (Å²) in [5.41, 5.74) is 5.97. The van der Waals surface area contributed by atoms with Crippen molar-refractivity contribution in [2.24, 2.45) is 0 Å². The Balaban J connectivity index is 1.83. The topological polar surface area (TPSA) is 68.9 Å². The van der Waals surface area contributed by atoms with E-state index < -0.39 is 16.9 Å². The van der Waals surface area contributed by atoms with E-state index in [0.29, 0.717) is 11.0 Å². The number of thioether (sulfide) groups is 1. The van der Waals surface area contributed by atoms with Crippen molar-refractivity contribution in [3.8, 4) is 0 Å². The molecule has 0 unspecified atom stereocenters. The Kier molecular flexibility index (Phi) is 4.27. The van der Waals surface area contributed by atoms with Crippen LogP contribution in [0.15, 0.2) is 34.8 Å². The summed E-state index contributed by atoms with van der Waals surface area (Å²) in [6, 6.07) is 4.92. The van der Waals surface area contributed by atoms with Crippen LogP contribution >= 0.6 is 23.1 Å². The lowest BCUT2D eigenvalue weighted by atomic mass is 10.1. The number of carbonyl (C=O) groups is 1. The van der Waals surface area contributed by atoms with Gasteiger partial charge in [-0.25, -0.2) is 18.7 Å². The van der Waals surface area contributed by atoms with Crippen molar-refractivity contribution in [3.63, 3.8) is 0 Å². The molecule has 3 rings (SSSR count). The third-order valence-electron chi connectivity index (χ3n) is 3.19. The smallest absolute Gasteiger partial charge is 0.191 e. The average molecular weight is 351 g/mol. The molecule has 0 aliphatic rings. The van der Waals surface area contributed by atoms with E-state index in [0.717, 1.165) is 34.1 Å². The van der Waals surface area contributed by atoms with Crippen LogP contribution in [0, 0.1) is 11.6 Å². The standard InChI is InChI=1S/C15H11F2N3OS2/c1-7(12(21)8-2-3-10(16)11(17)6-8)23-15-19-13(18)9-4-5-22-14(9)20-15/h2-7H,1H3,(H2,18,19,20)/t7-/m1/s1. The molecular weight excluding hydrogens is 340 g/mol. The maximum atomic E-state index is 13.2. The number of carbonyl (C=O) groups excluding carboxylic acids is 1. The van der Waals surface area contributed by atoms with Gasteiger partial charge in [0.15, 0.2) is 22.6 Å². The van der Waals surface area contributed by atoms with Gasteiger partial charge < -0.3 is 5.73 Å². The van der Waals surface area contributed by atoms with Crippen LogP contribution in [0.3, 0.4) is 0 Å². The Morgan fingerprint density at radius 2 is 2.04 bits per heavy atom. The third kappa shape index (κ3) is 3.18. The first kappa shape index (κ1) is 15.8. The summed E-state index contributed by atoms with van der Waals surface area (Å²) >= 11 is 2.56. The van der Waals surface area contributed by atoms with Crippen LogP contribution in [0.4, 0.5) is 14.6 Å². The van der Waals surface area contributed by atoms with Crippen molar-refractivity contribution in [1.82, 2.24) is 9.97 Å². The van der Waals surface area contributed by atoms with Crippen molar-refractivity contribution in [2.75, 3.05) is 5.73 Å². The predicted octanol–water partition coefficient (Wildman–Crippen LogP) is 3.92. The van der Waals surface area contributed by atoms with Crippen LogP contribution in [-0.2, 0) is 0 Å². The predicted molar refractivity (Wildman–Crippen MR) is 87.8 cm³/mol. The monoisotopic (exact) mass is 351 g/mol. The van der Waals surface area contributed by atoms with Gasteiger partial charge in [0.05, 0.1) is 10.6 Å². The number of nitrogens with two attached hydrogens (primary N) is 1. The zero-order valence-corrected chi connectivity index (χ0v) is 13.5. The largest absolute Gasteiger partial charge is 0.383 e. The lowest BCUT2D eigenvalue weighted by molar-refractivity contribution is 0.0993. The molecule has 0 aliphatic heterocycles. The number of ketones is 1. The minimum atomic E-state index is -1.05. The molecule has 23 heavy (non-hydrogen) atoms. The van der Waals surface area contributed by atoms with Gasteiger partial charge in [0, 0.05) is 5.56 Å². The van der Waals surface area contributed by atoms with E-state index >= 15 is 0 Å². The summed E-state index contributed by atoms with van der Waals surface area (Å²) in [7, 11) is 0. The van der Waals surface area contributed by atoms with E-state index in [1.54, 1.807) is 6.92 Å². The number of anilines is 1. The van der Waals surface area contributed by atoms with E-state index in [9.17, 15) is 13.6 Å². The molecule has 3 aromatic rings. The fraction of sp³-hybridized carbons (Fsp3) is 0.133. The fourth-order valence-electron chi connectivity index (χ4n) is 2.01. The normalized spacial score (nSPS) is 12.5. The first-order valence-corrected chi connectivity index (χ1v) is 8.38. The number of hydrogen-bond donors (Lipinski definition) is 1. The number of hydrogen-bond acceptors (Lipinski definition) is 6. The summed E-state index contributed by atoms with van der Waals surface area (Å²) in [5, 5.41) is 2.46. The van der Waals surface area contributed by atoms with E-state index in [-0.39, 0.29) is 11.3 Å². The number of aromatic nitrogens is 2. The molecule has 0 saturated heterocycles. The first-order valence-electron chi connectivity index (χ1n) is 6.62. The lowest BCUT2D eigenvalue weighted by Crippen LogP contribution is -2.14. The quantitative estimate of drug-likeness (QED) is 0.438. The summed E-state index contributed by atoms with van der Waals surface area (Å²) < 4.78 is 26.2. The van der Waals surface area contributed by atoms with Gasteiger partial charge >= 0.3 is 0 Å². The summed E-state index contributed by atoms with van der Waals surface area (Å²) in [6.07, 6.45) is 0. The maximum absolute atomic E-state index is 13.2. The van der Waals surface area contributed by atoms with Gasteiger partial charge in [-0.05, 0) is 36.6 Å². The number of rotatable bonds is 4. The van der Waals surface area contributed by atoms with Gasteiger partial charge in [-0.15, -0.1) is 11.3 Å². The van der Waals surface area contributed by atoms with Crippen LogP contribution in [0.25, 0.3) is 10.2 Å². The number of halogens is 2. The van der Waals surface area contributed by atoms with Crippen molar-refractivity contribution < 1.29 is 13.6 Å². The summed E-state index contributed by atoms with van der Waals surface area (Å²) in [4.78, 5) is 21.6. The van der Waals surface area contributed by atoms with Crippen molar-refractivity contribution in [3.05, 3.63) is 46.8 Å². The van der Waals surface area contributed by atoms with Gasteiger partial charge in [0.25, 0.3) is 0 Å². The second-order valence-electron chi connectivity index (χ2n) is 4.78. The Labute approximate surface area is 138 Å². The molecular formula is C15H11F2N3OS2. The molecule has 0 saturated carbocycles. The van der Waals surface area contributed by atoms with E-state index in [4.69, 9.17) is 5.73 Å².